The van der Waals surface area contributed by atoms with E-state index in [4.69, 9.17) is 11.6 Å². The van der Waals surface area contributed by atoms with Crippen LogP contribution in [-0.4, -0.2) is 26.3 Å². The Bertz CT molecular complexity index is 565. The lowest BCUT2D eigenvalue weighted by Gasteiger charge is -2.26. The van der Waals surface area contributed by atoms with Crippen LogP contribution in [0.4, 0.5) is 0 Å². The highest BCUT2D eigenvalue weighted by Crippen LogP contribution is 2.28. The van der Waals surface area contributed by atoms with Crippen molar-refractivity contribution in [2.75, 3.05) is 13.6 Å². The summed E-state index contributed by atoms with van der Waals surface area (Å²) >= 11 is 6.10. The van der Waals surface area contributed by atoms with Gasteiger partial charge >= 0.3 is 0 Å². The van der Waals surface area contributed by atoms with E-state index >= 15 is 0 Å². The molecular weight excluding hydrogens is 294 g/mol. The average molecular weight is 316 g/mol. The zero-order valence-electron chi connectivity index (χ0n) is 12.1. The van der Waals surface area contributed by atoms with Crippen LogP contribution in [0.2, 0.25) is 5.02 Å². The smallest absolute Gasteiger partial charge is 0.207 e. The molecule has 112 valence electrons. The SMILES string of the molecule is Cc1ccc(S(=O)(=O)N(C)CC2CCCCC2)c(Cl)c1. The van der Waals surface area contributed by atoms with Crippen molar-refractivity contribution in [1.82, 2.24) is 4.31 Å². The largest absolute Gasteiger partial charge is 0.244 e. The minimum Gasteiger partial charge on any atom is -0.207 e. The maximum atomic E-state index is 12.6. The standard InChI is InChI=1S/C15H22ClNO2S/c1-12-8-9-15(14(16)10-12)20(18,19)17(2)11-13-6-4-3-5-7-13/h8-10,13H,3-7,11H2,1-2H3. The molecular formula is C15H22ClNO2S. The normalized spacial score (nSPS) is 17.6. The molecule has 3 nitrogen and oxygen atoms in total. The molecule has 0 N–H and O–H groups in total. The van der Waals surface area contributed by atoms with Gasteiger partial charge in [-0.1, -0.05) is 36.9 Å². The molecule has 0 spiro atoms. The average Bonchev–Trinajstić information content (AvgIpc) is 2.39. The molecule has 5 heteroatoms. The van der Waals surface area contributed by atoms with Crippen LogP contribution in [0.25, 0.3) is 0 Å². The molecule has 1 saturated carbocycles. The van der Waals surface area contributed by atoms with E-state index < -0.39 is 10.0 Å². The van der Waals surface area contributed by atoms with Gasteiger partial charge in [-0.2, -0.15) is 0 Å². The Balaban J connectivity index is 2.16. The molecule has 0 aliphatic heterocycles. The van der Waals surface area contributed by atoms with Crippen LogP contribution in [-0.2, 0) is 10.0 Å². The first-order valence-electron chi connectivity index (χ1n) is 7.14. The van der Waals surface area contributed by atoms with Crippen LogP contribution in [0, 0.1) is 12.8 Å². The van der Waals surface area contributed by atoms with Gasteiger partial charge in [0.1, 0.15) is 4.90 Å². The van der Waals surface area contributed by atoms with Crippen molar-refractivity contribution in [3.63, 3.8) is 0 Å². The van der Waals surface area contributed by atoms with Crippen LogP contribution >= 0.6 is 11.6 Å². The minimum atomic E-state index is -3.48. The molecule has 0 amide bonds. The van der Waals surface area contributed by atoms with Gasteiger partial charge in [-0.25, -0.2) is 12.7 Å². The summed E-state index contributed by atoms with van der Waals surface area (Å²) in [4.78, 5) is 0.211. The third-order valence-corrected chi connectivity index (χ3v) is 6.32. The second-order valence-corrected chi connectivity index (χ2v) is 8.14. The van der Waals surface area contributed by atoms with Crippen molar-refractivity contribution in [3.8, 4) is 0 Å². The van der Waals surface area contributed by atoms with Crippen LogP contribution in [0.3, 0.4) is 0 Å². The molecule has 1 aromatic carbocycles. The monoisotopic (exact) mass is 315 g/mol. The second kappa shape index (κ2) is 6.46. The molecule has 0 radical (unpaired) electrons. The number of hydrogen-bond acceptors (Lipinski definition) is 2. The van der Waals surface area contributed by atoms with E-state index in [0.29, 0.717) is 17.5 Å². The summed E-state index contributed by atoms with van der Waals surface area (Å²) in [5.74, 6) is 0.479. The molecule has 1 aliphatic rings. The van der Waals surface area contributed by atoms with Gasteiger partial charge in [0.2, 0.25) is 10.0 Å². The lowest BCUT2D eigenvalue weighted by molar-refractivity contribution is 0.300. The molecule has 1 aromatic rings. The van der Waals surface area contributed by atoms with Gasteiger partial charge < -0.3 is 0 Å². The number of aryl methyl sites for hydroxylation is 1. The molecule has 20 heavy (non-hydrogen) atoms. The fraction of sp³-hybridized carbons (Fsp3) is 0.600. The van der Waals surface area contributed by atoms with E-state index in [1.807, 2.05) is 6.92 Å². The molecule has 0 bridgehead atoms. The summed E-state index contributed by atoms with van der Waals surface area (Å²) in [5, 5.41) is 0.306. The molecule has 0 aromatic heterocycles. The predicted molar refractivity (Wildman–Crippen MR) is 82.6 cm³/mol. The summed E-state index contributed by atoms with van der Waals surface area (Å²) < 4.78 is 26.6. The molecule has 0 saturated heterocycles. The van der Waals surface area contributed by atoms with Gasteiger partial charge in [-0.15, -0.1) is 0 Å². The first-order valence-corrected chi connectivity index (χ1v) is 8.95. The van der Waals surface area contributed by atoms with Gasteiger partial charge in [0, 0.05) is 13.6 Å². The first-order chi connectivity index (χ1) is 9.41. The van der Waals surface area contributed by atoms with Crippen molar-refractivity contribution >= 4 is 21.6 Å². The topological polar surface area (TPSA) is 37.4 Å². The van der Waals surface area contributed by atoms with Gasteiger partial charge in [0.05, 0.1) is 5.02 Å². The van der Waals surface area contributed by atoms with Crippen LogP contribution in [0.15, 0.2) is 23.1 Å². The Morgan fingerprint density at radius 1 is 1.25 bits per heavy atom. The zero-order valence-corrected chi connectivity index (χ0v) is 13.7. The Morgan fingerprint density at radius 2 is 1.90 bits per heavy atom. The predicted octanol–water partition coefficient (Wildman–Crippen LogP) is 3.85. The highest BCUT2D eigenvalue weighted by molar-refractivity contribution is 7.89. The molecule has 2 rings (SSSR count). The number of rotatable bonds is 4. The Kier molecular flexibility index (Phi) is 5.10. The summed E-state index contributed by atoms with van der Waals surface area (Å²) in [7, 11) is -1.83. The summed E-state index contributed by atoms with van der Waals surface area (Å²) in [6.07, 6.45) is 5.95. The highest BCUT2D eigenvalue weighted by atomic mass is 35.5. The van der Waals surface area contributed by atoms with Crippen LogP contribution < -0.4 is 0 Å². The van der Waals surface area contributed by atoms with Crippen LogP contribution in [0.1, 0.15) is 37.7 Å². The molecule has 1 aliphatic carbocycles. The molecule has 0 unspecified atom stereocenters. The third-order valence-electron chi connectivity index (χ3n) is 4.02. The molecule has 0 heterocycles. The maximum Gasteiger partial charge on any atom is 0.244 e. The van der Waals surface area contributed by atoms with E-state index in [9.17, 15) is 8.42 Å². The van der Waals surface area contributed by atoms with Gasteiger partial charge in [0.25, 0.3) is 0 Å². The fourth-order valence-corrected chi connectivity index (χ4v) is 4.63. The number of halogens is 1. The van der Waals surface area contributed by atoms with Gasteiger partial charge in [0.15, 0.2) is 0 Å². The number of benzene rings is 1. The summed E-state index contributed by atoms with van der Waals surface area (Å²) in [6.45, 7) is 2.49. The molecule has 0 atom stereocenters. The van der Waals surface area contributed by atoms with E-state index in [0.717, 1.165) is 18.4 Å². The van der Waals surface area contributed by atoms with Crippen molar-refractivity contribution in [3.05, 3.63) is 28.8 Å². The number of hydrogen-bond donors (Lipinski definition) is 0. The van der Waals surface area contributed by atoms with E-state index in [2.05, 4.69) is 0 Å². The van der Waals surface area contributed by atoms with E-state index in [-0.39, 0.29) is 4.90 Å². The Hall–Kier alpha value is -0.580. The van der Waals surface area contributed by atoms with Crippen molar-refractivity contribution in [2.24, 2.45) is 5.92 Å². The number of sulfonamides is 1. The van der Waals surface area contributed by atoms with E-state index in [1.54, 1.807) is 25.2 Å². The molecule has 1 fully saturated rings. The minimum absolute atomic E-state index is 0.211. The van der Waals surface area contributed by atoms with Crippen molar-refractivity contribution in [1.29, 1.82) is 0 Å². The van der Waals surface area contributed by atoms with Crippen LogP contribution in [0.5, 0.6) is 0 Å². The maximum absolute atomic E-state index is 12.6. The lowest BCUT2D eigenvalue weighted by atomic mass is 9.89. The quantitative estimate of drug-likeness (QED) is 0.846. The fourth-order valence-electron chi connectivity index (χ4n) is 2.81. The number of nitrogens with zero attached hydrogens (tertiary/aromatic N) is 1. The van der Waals surface area contributed by atoms with Gasteiger partial charge in [-0.05, 0) is 43.4 Å². The Labute approximate surface area is 127 Å². The zero-order chi connectivity index (χ0) is 14.8. The Morgan fingerprint density at radius 3 is 2.50 bits per heavy atom. The first kappa shape index (κ1) is 15.8. The van der Waals surface area contributed by atoms with Crippen molar-refractivity contribution in [2.45, 2.75) is 43.9 Å². The second-order valence-electron chi connectivity index (χ2n) is 5.72. The summed E-state index contributed by atoms with van der Waals surface area (Å²) in [6, 6.07) is 5.08. The van der Waals surface area contributed by atoms with E-state index in [1.165, 1.54) is 23.6 Å². The van der Waals surface area contributed by atoms with Crippen molar-refractivity contribution < 1.29 is 8.42 Å². The lowest BCUT2D eigenvalue weighted by Crippen LogP contribution is -2.32. The van der Waals surface area contributed by atoms with Gasteiger partial charge in [-0.3, -0.25) is 0 Å². The summed E-state index contributed by atoms with van der Waals surface area (Å²) in [5.41, 5.74) is 0.962. The highest BCUT2D eigenvalue weighted by Gasteiger charge is 2.26. The third kappa shape index (κ3) is 3.54.